The molecule has 0 amide bonds. The summed E-state index contributed by atoms with van der Waals surface area (Å²) in [6.45, 7) is 4.75. The van der Waals surface area contributed by atoms with E-state index in [1.165, 1.54) is 69.9 Å². The van der Waals surface area contributed by atoms with Crippen molar-refractivity contribution in [3.63, 3.8) is 0 Å². The number of rotatable bonds is 1. The van der Waals surface area contributed by atoms with Crippen molar-refractivity contribution in [1.82, 2.24) is 4.57 Å². The summed E-state index contributed by atoms with van der Waals surface area (Å²) in [5, 5.41) is 5.39. The lowest BCUT2D eigenvalue weighted by Gasteiger charge is -2.25. The van der Waals surface area contributed by atoms with Crippen LogP contribution in [-0.4, -0.2) is 4.57 Å². The highest BCUT2D eigenvalue weighted by Gasteiger charge is 2.38. The number of para-hydroxylation sites is 1. The van der Waals surface area contributed by atoms with Crippen molar-refractivity contribution in [1.29, 1.82) is 0 Å². The summed E-state index contributed by atoms with van der Waals surface area (Å²) in [7, 11) is 0. The first-order valence-electron chi connectivity index (χ1n) is 12.2. The monoisotopic (exact) mass is 465 g/mol. The maximum Gasteiger partial charge on any atom is 0.0555 e. The van der Waals surface area contributed by atoms with Gasteiger partial charge in [-0.15, -0.1) is 11.3 Å². The third kappa shape index (κ3) is 2.38. The molecule has 8 rings (SSSR count). The topological polar surface area (TPSA) is 4.93 Å². The molecule has 1 aliphatic rings. The van der Waals surface area contributed by atoms with E-state index in [4.69, 9.17) is 0 Å². The van der Waals surface area contributed by atoms with Crippen LogP contribution in [0.4, 0.5) is 0 Å². The maximum absolute atomic E-state index is 2.51. The molecule has 1 nitrogen and oxygen atoms in total. The highest BCUT2D eigenvalue weighted by Crippen LogP contribution is 2.52. The molecule has 0 saturated heterocycles. The quantitative estimate of drug-likeness (QED) is 0.227. The van der Waals surface area contributed by atoms with Crippen LogP contribution in [0.1, 0.15) is 25.0 Å². The molecule has 166 valence electrons. The second-order valence-corrected chi connectivity index (χ2v) is 11.2. The second kappa shape index (κ2) is 6.62. The summed E-state index contributed by atoms with van der Waals surface area (Å²) in [6.07, 6.45) is 0. The minimum atomic E-state index is -0.0675. The molecular formula is C33H23NS. The van der Waals surface area contributed by atoms with E-state index in [2.05, 4.69) is 122 Å². The van der Waals surface area contributed by atoms with Crippen LogP contribution < -0.4 is 0 Å². The Labute approximate surface area is 207 Å². The fourth-order valence-corrected chi connectivity index (χ4v) is 7.76. The summed E-state index contributed by atoms with van der Waals surface area (Å²) >= 11 is 1.92. The van der Waals surface area contributed by atoms with Crippen LogP contribution in [0.2, 0.25) is 0 Å². The summed E-state index contributed by atoms with van der Waals surface area (Å²) in [4.78, 5) is 0. The van der Waals surface area contributed by atoms with Crippen LogP contribution in [0, 0.1) is 0 Å². The van der Waals surface area contributed by atoms with E-state index in [-0.39, 0.29) is 5.41 Å². The van der Waals surface area contributed by atoms with Crippen LogP contribution in [0.5, 0.6) is 0 Å². The van der Waals surface area contributed by atoms with Crippen molar-refractivity contribution >= 4 is 53.3 Å². The first-order chi connectivity index (χ1) is 17.1. The van der Waals surface area contributed by atoms with E-state index < -0.39 is 0 Å². The Morgan fingerprint density at radius 3 is 2.26 bits per heavy atom. The lowest BCUT2D eigenvalue weighted by molar-refractivity contribution is 0.656. The first kappa shape index (κ1) is 19.4. The predicted molar refractivity (Wildman–Crippen MR) is 151 cm³/mol. The van der Waals surface area contributed by atoms with Gasteiger partial charge in [-0.25, -0.2) is 0 Å². The fraction of sp³-hybridized carbons (Fsp3) is 0.0909. The average molecular weight is 466 g/mol. The third-order valence-corrected chi connectivity index (χ3v) is 9.18. The molecule has 5 aromatic carbocycles. The molecule has 0 fully saturated rings. The molecule has 2 heteroatoms. The summed E-state index contributed by atoms with van der Waals surface area (Å²) in [5.74, 6) is 0. The van der Waals surface area contributed by atoms with Gasteiger partial charge in [-0.05, 0) is 46.5 Å². The van der Waals surface area contributed by atoms with E-state index >= 15 is 0 Å². The molecule has 0 N–H and O–H groups in total. The zero-order valence-electron chi connectivity index (χ0n) is 19.7. The molecular weight excluding hydrogens is 442 g/mol. The van der Waals surface area contributed by atoms with Crippen molar-refractivity contribution in [3.05, 3.63) is 114 Å². The van der Waals surface area contributed by atoms with Gasteiger partial charge in [-0.1, -0.05) is 92.7 Å². The van der Waals surface area contributed by atoms with E-state index in [1.54, 1.807) is 0 Å². The molecule has 0 aliphatic heterocycles. The molecule has 2 aromatic heterocycles. The standard InChI is InChI=1S/C33H23NS/c1-33(2)25-14-6-3-10-20(25)22-13-9-16-28(31(22)33)34-26-15-7-4-12-24(26)30-27(34)19-18-23-21-11-5-8-17-29(21)35-32(23)30/h3-19H,1-2H3. The highest BCUT2D eigenvalue weighted by molar-refractivity contribution is 7.26. The largest absolute Gasteiger partial charge is 0.309 e. The Hall–Kier alpha value is -3.88. The van der Waals surface area contributed by atoms with E-state index in [1.807, 2.05) is 11.3 Å². The maximum atomic E-state index is 2.51. The Bertz CT molecular complexity index is 1980. The van der Waals surface area contributed by atoms with Gasteiger partial charge >= 0.3 is 0 Å². The van der Waals surface area contributed by atoms with E-state index in [0.29, 0.717) is 0 Å². The van der Waals surface area contributed by atoms with Gasteiger partial charge in [0.2, 0.25) is 0 Å². The van der Waals surface area contributed by atoms with Gasteiger partial charge in [0.05, 0.1) is 16.7 Å². The number of benzene rings is 5. The van der Waals surface area contributed by atoms with Crippen molar-refractivity contribution in [3.8, 4) is 16.8 Å². The predicted octanol–water partition coefficient (Wildman–Crippen LogP) is 9.46. The Kier molecular flexibility index (Phi) is 3.67. The Morgan fingerprint density at radius 2 is 1.34 bits per heavy atom. The Morgan fingerprint density at radius 1 is 0.600 bits per heavy atom. The number of thiophene rings is 1. The van der Waals surface area contributed by atoms with Crippen LogP contribution in [-0.2, 0) is 5.41 Å². The average Bonchev–Trinajstić information content (AvgIpc) is 3.50. The van der Waals surface area contributed by atoms with Crippen molar-refractivity contribution in [2.45, 2.75) is 19.3 Å². The minimum absolute atomic E-state index is 0.0675. The fourth-order valence-electron chi connectivity index (χ4n) is 6.50. The normalized spacial score (nSPS) is 14.2. The summed E-state index contributed by atoms with van der Waals surface area (Å²) < 4.78 is 5.25. The molecule has 0 atom stereocenters. The van der Waals surface area contributed by atoms with Gasteiger partial charge in [0, 0.05) is 36.4 Å². The molecule has 0 saturated carbocycles. The molecule has 0 bridgehead atoms. The Balaban J connectivity index is 1.55. The van der Waals surface area contributed by atoms with E-state index in [9.17, 15) is 0 Å². The first-order valence-corrected chi connectivity index (χ1v) is 13.0. The second-order valence-electron chi connectivity index (χ2n) is 10.2. The lowest BCUT2D eigenvalue weighted by atomic mass is 9.81. The van der Waals surface area contributed by atoms with Crippen LogP contribution in [0.25, 0.3) is 58.8 Å². The summed E-state index contributed by atoms with van der Waals surface area (Å²) in [5.41, 5.74) is 9.32. The van der Waals surface area contributed by atoms with Crippen LogP contribution >= 0.6 is 11.3 Å². The molecule has 0 unspecified atom stereocenters. The van der Waals surface area contributed by atoms with Gasteiger partial charge in [0.25, 0.3) is 0 Å². The molecule has 35 heavy (non-hydrogen) atoms. The number of hydrogen-bond donors (Lipinski definition) is 0. The lowest BCUT2D eigenvalue weighted by Crippen LogP contribution is -2.17. The van der Waals surface area contributed by atoms with Gasteiger partial charge in [0.15, 0.2) is 0 Å². The molecule has 1 aliphatic carbocycles. The molecule has 7 aromatic rings. The van der Waals surface area contributed by atoms with Gasteiger partial charge in [-0.2, -0.15) is 0 Å². The smallest absolute Gasteiger partial charge is 0.0555 e. The number of aromatic nitrogens is 1. The number of nitrogens with zero attached hydrogens (tertiary/aromatic N) is 1. The number of fused-ring (bicyclic) bond motifs is 10. The molecule has 0 spiro atoms. The van der Waals surface area contributed by atoms with E-state index in [0.717, 1.165) is 0 Å². The van der Waals surface area contributed by atoms with Crippen LogP contribution in [0.3, 0.4) is 0 Å². The van der Waals surface area contributed by atoms with Crippen LogP contribution in [0.15, 0.2) is 103 Å². The molecule has 2 heterocycles. The summed E-state index contributed by atoms with van der Waals surface area (Å²) in [6, 6.07) is 38.1. The zero-order valence-corrected chi connectivity index (χ0v) is 20.5. The SMILES string of the molecule is CC1(C)c2ccccc2-c2cccc(-n3c4ccccc4c4c5sc6ccccc6c5ccc43)c21. The number of hydrogen-bond acceptors (Lipinski definition) is 1. The van der Waals surface area contributed by atoms with Gasteiger partial charge in [-0.3, -0.25) is 0 Å². The third-order valence-electron chi connectivity index (χ3n) is 7.98. The van der Waals surface area contributed by atoms with Gasteiger partial charge < -0.3 is 4.57 Å². The van der Waals surface area contributed by atoms with Crippen molar-refractivity contribution in [2.75, 3.05) is 0 Å². The molecule has 0 radical (unpaired) electrons. The minimum Gasteiger partial charge on any atom is -0.309 e. The van der Waals surface area contributed by atoms with Crippen molar-refractivity contribution in [2.24, 2.45) is 0 Å². The zero-order chi connectivity index (χ0) is 23.3. The highest BCUT2D eigenvalue weighted by atomic mass is 32.1. The van der Waals surface area contributed by atoms with Crippen molar-refractivity contribution < 1.29 is 0 Å². The van der Waals surface area contributed by atoms with Gasteiger partial charge in [0.1, 0.15) is 0 Å².